The number of carbonyl (C=O) groups is 1. The Morgan fingerprint density at radius 1 is 0.917 bits per heavy atom. The Morgan fingerprint density at radius 3 is 2.17 bits per heavy atom. The van der Waals surface area contributed by atoms with Crippen LogP contribution in [0.3, 0.4) is 0 Å². The van der Waals surface area contributed by atoms with Gasteiger partial charge in [0.15, 0.2) is 5.65 Å². The number of hydrogen-bond acceptors (Lipinski definition) is 3. The van der Waals surface area contributed by atoms with Crippen molar-refractivity contribution in [1.82, 2.24) is 15.2 Å². The van der Waals surface area contributed by atoms with Gasteiger partial charge in [-0.3, -0.25) is 5.10 Å². The Morgan fingerprint density at radius 2 is 1.54 bits per heavy atom. The predicted octanol–water partition coefficient (Wildman–Crippen LogP) is 3.99. The Labute approximate surface area is 137 Å². The Bertz CT molecular complexity index is 1020. The maximum absolute atomic E-state index is 11.8. The van der Waals surface area contributed by atoms with E-state index < -0.39 is 5.97 Å². The fourth-order valence-electron chi connectivity index (χ4n) is 2.76. The van der Waals surface area contributed by atoms with Gasteiger partial charge in [-0.1, -0.05) is 60.7 Å². The summed E-state index contributed by atoms with van der Waals surface area (Å²) in [6, 6.07) is 20.6. The lowest BCUT2D eigenvalue weighted by Crippen LogP contribution is -2.00. The number of nitrogens with one attached hydrogen (secondary N) is 1. The average molecular weight is 315 g/mol. The molecule has 4 aromatic rings. The zero-order chi connectivity index (χ0) is 16.5. The Kier molecular flexibility index (Phi) is 3.31. The Balaban J connectivity index is 2.00. The van der Waals surface area contributed by atoms with E-state index in [1.54, 1.807) is 6.07 Å². The van der Waals surface area contributed by atoms with Crippen LogP contribution in [0, 0.1) is 0 Å². The molecular weight excluding hydrogens is 302 g/mol. The van der Waals surface area contributed by atoms with Crippen LogP contribution in [0.4, 0.5) is 0 Å². The molecule has 4 rings (SSSR count). The molecule has 0 radical (unpaired) electrons. The largest absolute Gasteiger partial charge is 0.478 e. The average Bonchev–Trinajstić information content (AvgIpc) is 3.06. The molecule has 0 atom stereocenters. The van der Waals surface area contributed by atoms with E-state index in [0.29, 0.717) is 22.4 Å². The first-order chi connectivity index (χ1) is 11.7. The van der Waals surface area contributed by atoms with Crippen LogP contribution in [0.5, 0.6) is 0 Å². The van der Waals surface area contributed by atoms with Gasteiger partial charge in [-0.25, -0.2) is 9.78 Å². The number of carboxylic acids is 1. The second-order valence-corrected chi connectivity index (χ2v) is 5.39. The highest BCUT2D eigenvalue weighted by Gasteiger charge is 2.19. The molecular formula is C19H13N3O2. The fourth-order valence-corrected chi connectivity index (χ4v) is 2.76. The summed E-state index contributed by atoms with van der Waals surface area (Å²) < 4.78 is 0. The van der Waals surface area contributed by atoms with Crippen molar-refractivity contribution in [2.24, 2.45) is 0 Å². The van der Waals surface area contributed by atoms with Crippen molar-refractivity contribution in [1.29, 1.82) is 0 Å². The standard InChI is InChI=1S/C19H13N3O2/c23-19(24)14-11-15(12-7-3-1-4-8-12)20-18-16(14)17(21-22-18)13-9-5-2-6-10-13/h1-11H,(H,23,24)(H,20,21,22). The number of H-pyrrole nitrogens is 1. The topological polar surface area (TPSA) is 78.9 Å². The Hall–Kier alpha value is -3.47. The highest BCUT2D eigenvalue weighted by Crippen LogP contribution is 2.31. The van der Waals surface area contributed by atoms with Crippen LogP contribution in [-0.2, 0) is 0 Å². The lowest BCUT2D eigenvalue weighted by molar-refractivity contribution is 0.0699. The third-order valence-corrected chi connectivity index (χ3v) is 3.89. The van der Waals surface area contributed by atoms with Gasteiger partial charge in [0.1, 0.15) is 0 Å². The van der Waals surface area contributed by atoms with Gasteiger partial charge in [0.25, 0.3) is 0 Å². The molecule has 0 aliphatic heterocycles. The number of benzene rings is 2. The molecule has 5 heteroatoms. The lowest BCUT2D eigenvalue weighted by Gasteiger charge is -2.05. The van der Waals surface area contributed by atoms with Crippen LogP contribution in [0.15, 0.2) is 66.7 Å². The number of nitrogens with zero attached hydrogens (tertiary/aromatic N) is 2. The molecule has 0 saturated heterocycles. The first-order valence-corrected chi connectivity index (χ1v) is 7.47. The molecule has 5 nitrogen and oxygen atoms in total. The van der Waals surface area contributed by atoms with Crippen molar-refractivity contribution in [2.75, 3.05) is 0 Å². The number of pyridine rings is 1. The zero-order valence-corrected chi connectivity index (χ0v) is 12.6. The van der Waals surface area contributed by atoms with E-state index in [1.165, 1.54) is 0 Å². The molecule has 24 heavy (non-hydrogen) atoms. The van der Waals surface area contributed by atoms with Gasteiger partial charge in [-0.05, 0) is 6.07 Å². The summed E-state index contributed by atoms with van der Waals surface area (Å²) in [4.78, 5) is 16.3. The van der Waals surface area contributed by atoms with Crippen LogP contribution >= 0.6 is 0 Å². The van der Waals surface area contributed by atoms with Gasteiger partial charge < -0.3 is 5.11 Å². The normalized spacial score (nSPS) is 10.8. The lowest BCUT2D eigenvalue weighted by atomic mass is 10.0. The van der Waals surface area contributed by atoms with Crippen molar-refractivity contribution in [2.45, 2.75) is 0 Å². The molecule has 2 N–H and O–H groups in total. The van der Waals surface area contributed by atoms with Crippen LogP contribution in [0.1, 0.15) is 10.4 Å². The molecule has 0 saturated carbocycles. The SMILES string of the molecule is O=C(O)c1cc(-c2ccccc2)nc2n[nH]c(-c3ccccc3)c12. The third kappa shape index (κ3) is 2.32. The number of aromatic nitrogens is 3. The molecule has 0 aliphatic rings. The van der Waals surface area contributed by atoms with Crippen molar-refractivity contribution in [3.05, 3.63) is 72.3 Å². The van der Waals surface area contributed by atoms with E-state index in [0.717, 1.165) is 11.1 Å². The molecule has 0 aliphatic carbocycles. The summed E-state index contributed by atoms with van der Waals surface area (Å²) in [5.41, 5.74) is 3.56. The second-order valence-electron chi connectivity index (χ2n) is 5.39. The number of aromatic carboxylic acids is 1. The molecule has 0 unspecified atom stereocenters. The molecule has 0 amide bonds. The van der Waals surface area contributed by atoms with Crippen LogP contribution in [-0.4, -0.2) is 26.3 Å². The number of aromatic amines is 1. The van der Waals surface area contributed by atoms with Gasteiger partial charge in [0.05, 0.1) is 22.3 Å². The molecule has 0 fully saturated rings. The summed E-state index contributed by atoms with van der Waals surface area (Å²) in [5.74, 6) is -1.00. The predicted molar refractivity (Wildman–Crippen MR) is 91.7 cm³/mol. The van der Waals surface area contributed by atoms with Crippen molar-refractivity contribution < 1.29 is 9.90 Å². The third-order valence-electron chi connectivity index (χ3n) is 3.89. The van der Waals surface area contributed by atoms with E-state index in [2.05, 4.69) is 15.2 Å². The maximum Gasteiger partial charge on any atom is 0.336 e. The van der Waals surface area contributed by atoms with Crippen LogP contribution in [0.2, 0.25) is 0 Å². The second kappa shape index (κ2) is 5.62. The monoisotopic (exact) mass is 315 g/mol. The zero-order valence-electron chi connectivity index (χ0n) is 12.6. The van der Waals surface area contributed by atoms with Gasteiger partial charge in [-0.2, -0.15) is 5.10 Å². The molecule has 2 heterocycles. The summed E-state index contributed by atoms with van der Waals surface area (Å²) in [5, 5.41) is 17.3. The molecule has 2 aromatic carbocycles. The maximum atomic E-state index is 11.8. The highest BCUT2D eigenvalue weighted by atomic mass is 16.4. The first-order valence-electron chi connectivity index (χ1n) is 7.47. The number of fused-ring (bicyclic) bond motifs is 1. The summed E-state index contributed by atoms with van der Waals surface area (Å²) >= 11 is 0. The summed E-state index contributed by atoms with van der Waals surface area (Å²) in [6.07, 6.45) is 0. The number of hydrogen-bond donors (Lipinski definition) is 2. The quantitative estimate of drug-likeness (QED) is 0.599. The minimum absolute atomic E-state index is 0.187. The molecule has 0 spiro atoms. The van der Waals surface area contributed by atoms with E-state index in [-0.39, 0.29) is 5.56 Å². The number of rotatable bonds is 3. The van der Waals surface area contributed by atoms with Crippen LogP contribution in [0.25, 0.3) is 33.5 Å². The van der Waals surface area contributed by atoms with Crippen molar-refractivity contribution in [3.63, 3.8) is 0 Å². The van der Waals surface area contributed by atoms with Crippen LogP contribution < -0.4 is 0 Å². The summed E-state index contributed by atoms with van der Waals surface area (Å²) in [7, 11) is 0. The van der Waals surface area contributed by atoms with Crippen molar-refractivity contribution >= 4 is 17.0 Å². The highest BCUT2D eigenvalue weighted by molar-refractivity contribution is 6.08. The number of carboxylic acid groups (broad SMARTS) is 1. The fraction of sp³-hybridized carbons (Fsp3) is 0. The minimum Gasteiger partial charge on any atom is -0.478 e. The van der Waals surface area contributed by atoms with E-state index in [9.17, 15) is 9.90 Å². The summed E-state index contributed by atoms with van der Waals surface area (Å²) in [6.45, 7) is 0. The molecule has 0 bridgehead atoms. The van der Waals surface area contributed by atoms with Gasteiger partial charge in [0, 0.05) is 11.1 Å². The van der Waals surface area contributed by atoms with Gasteiger partial charge >= 0.3 is 5.97 Å². The smallest absolute Gasteiger partial charge is 0.336 e. The molecule has 116 valence electrons. The van der Waals surface area contributed by atoms with E-state index in [1.807, 2.05) is 60.7 Å². The van der Waals surface area contributed by atoms with E-state index in [4.69, 9.17) is 0 Å². The molecule has 2 aromatic heterocycles. The van der Waals surface area contributed by atoms with Crippen molar-refractivity contribution in [3.8, 4) is 22.5 Å². The van der Waals surface area contributed by atoms with Gasteiger partial charge in [-0.15, -0.1) is 0 Å². The van der Waals surface area contributed by atoms with E-state index >= 15 is 0 Å². The first kappa shape index (κ1) is 14.1. The van der Waals surface area contributed by atoms with Gasteiger partial charge in [0.2, 0.25) is 0 Å². The minimum atomic E-state index is -1.00.